The Morgan fingerprint density at radius 3 is 2.18 bits per heavy atom. The number of rotatable bonds is 4. The summed E-state index contributed by atoms with van der Waals surface area (Å²) in [5, 5.41) is -0.0353. The van der Waals surface area contributed by atoms with Crippen LogP contribution in [0.15, 0.2) is 53.4 Å². The van der Waals surface area contributed by atoms with Crippen molar-refractivity contribution < 1.29 is 8.42 Å². The summed E-state index contributed by atoms with van der Waals surface area (Å²) in [6.45, 7) is 2.09. The maximum absolute atomic E-state index is 12.7. The molecule has 3 rings (SSSR count). The number of hydrogen-bond donors (Lipinski definition) is 1. The van der Waals surface area contributed by atoms with Crippen molar-refractivity contribution in [2.45, 2.75) is 35.4 Å². The first kappa shape index (κ1) is 15.5. The zero-order valence-electron chi connectivity index (χ0n) is 12.2. The van der Waals surface area contributed by atoms with Gasteiger partial charge in [-0.1, -0.05) is 42.8 Å². The van der Waals surface area contributed by atoms with Gasteiger partial charge in [0.1, 0.15) is 0 Å². The Kier molecular flexibility index (Phi) is 4.02. The summed E-state index contributed by atoms with van der Waals surface area (Å²) in [6.07, 6.45) is 0.962. The minimum atomic E-state index is -3.43. The lowest BCUT2D eigenvalue weighted by Crippen LogP contribution is -2.15. The van der Waals surface area contributed by atoms with E-state index in [0.29, 0.717) is 5.02 Å². The van der Waals surface area contributed by atoms with Crippen LogP contribution >= 0.6 is 11.6 Å². The predicted octanol–water partition coefficient (Wildman–Crippen LogP) is 3.17. The Morgan fingerprint density at radius 2 is 1.64 bits per heavy atom. The van der Waals surface area contributed by atoms with Gasteiger partial charge in [-0.15, -0.1) is 0 Å². The van der Waals surface area contributed by atoms with Crippen LogP contribution in [0, 0.1) is 0 Å². The maximum atomic E-state index is 12.7. The van der Waals surface area contributed by atoms with Crippen LogP contribution in [-0.4, -0.2) is 19.7 Å². The molecule has 0 unspecified atom stereocenters. The predicted molar refractivity (Wildman–Crippen MR) is 89.0 cm³/mol. The van der Waals surface area contributed by atoms with E-state index in [1.165, 1.54) is 5.56 Å². The molecule has 0 spiro atoms. The summed E-state index contributed by atoms with van der Waals surface area (Å²) >= 11 is 5.82. The zero-order chi connectivity index (χ0) is 15.9. The lowest BCUT2D eigenvalue weighted by molar-refractivity contribution is 0.593. The van der Waals surface area contributed by atoms with E-state index in [-0.39, 0.29) is 16.9 Å². The maximum Gasteiger partial charge on any atom is 0.183 e. The molecule has 0 aliphatic heterocycles. The van der Waals surface area contributed by atoms with Crippen LogP contribution in [0.2, 0.25) is 5.02 Å². The van der Waals surface area contributed by atoms with E-state index in [4.69, 9.17) is 17.3 Å². The molecule has 3 nitrogen and oxygen atoms in total. The highest BCUT2D eigenvalue weighted by atomic mass is 35.5. The lowest BCUT2D eigenvalue weighted by atomic mass is 10.1. The van der Waals surface area contributed by atoms with Gasteiger partial charge in [-0.3, -0.25) is 0 Å². The van der Waals surface area contributed by atoms with Crippen LogP contribution < -0.4 is 5.73 Å². The fourth-order valence-electron chi connectivity index (χ4n) is 2.87. The zero-order valence-corrected chi connectivity index (χ0v) is 13.8. The quantitative estimate of drug-likeness (QED) is 0.933. The molecule has 5 heteroatoms. The van der Waals surface area contributed by atoms with Crippen molar-refractivity contribution in [2.75, 3.05) is 0 Å². The average molecular weight is 336 g/mol. The highest BCUT2D eigenvalue weighted by Gasteiger charge is 2.57. The summed E-state index contributed by atoms with van der Waals surface area (Å²) in [5.74, 6) is -0.133. The second-order valence-electron chi connectivity index (χ2n) is 5.66. The van der Waals surface area contributed by atoms with E-state index >= 15 is 0 Å². The Bertz CT molecular complexity index is 769. The van der Waals surface area contributed by atoms with E-state index in [9.17, 15) is 8.42 Å². The van der Waals surface area contributed by atoms with E-state index in [1.807, 2.05) is 24.3 Å². The van der Waals surface area contributed by atoms with Crippen molar-refractivity contribution in [3.05, 3.63) is 64.7 Å². The summed E-state index contributed by atoms with van der Waals surface area (Å²) in [7, 11) is -3.43. The van der Waals surface area contributed by atoms with E-state index in [1.54, 1.807) is 24.3 Å². The first-order valence-electron chi connectivity index (χ1n) is 7.29. The molecule has 1 saturated carbocycles. The molecule has 2 aromatic rings. The van der Waals surface area contributed by atoms with Crippen LogP contribution in [0.4, 0.5) is 0 Å². The van der Waals surface area contributed by atoms with Crippen LogP contribution in [0.25, 0.3) is 0 Å². The molecule has 0 saturated heterocycles. The summed E-state index contributed by atoms with van der Waals surface area (Å²) in [5.41, 5.74) is 8.29. The Hall–Kier alpha value is -1.36. The minimum Gasteiger partial charge on any atom is -0.326 e. The van der Waals surface area contributed by atoms with Gasteiger partial charge < -0.3 is 5.73 Å². The van der Waals surface area contributed by atoms with Crippen LogP contribution in [-0.2, 0) is 16.3 Å². The molecule has 22 heavy (non-hydrogen) atoms. The molecule has 2 aromatic carbocycles. The van der Waals surface area contributed by atoms with Crippen molar-refractivity contribution in [3.8, 4) is 0 Å². The highest BCUT2D eigenvalue weighted by Crippen LogP contribution is 2.47. The topological polar surface area (TPSA) is 60.2 Å². The molecule has 2 N–H and O–H groups in total. The highest BCUT2D eigenvalue weighted by molar-refractivity contribution is 7.92. The third-order valence-electron chi connectivity index (χ3n) is 4.28. The van der Waals surface area contributed by atoms with Gasteiger partial charge in [0.2, 0.25) is 0 Å². The summed E-state index contributed by atoms with van der Waals surface area (Å²) < 4.78 is 25.4. The van der Waals surface area contributed by atoms with Gasteiger partial charge in [0.05, 0.1) is 10.1 Å². The number of halogens is 1. The van der Waals surface area contributed by atoms with Gasteiger partial charge in [-0.05, 0) is 41.8 Å². The molecule has 0 heterocycles. The number of sulfone groups is 1. The van der Waals surface area contributed by atoms with Gasteiger partial charge in [-0.2, -0.15) is 0 Å². The first-order valence-corrected chi connectivity index (χ1v) is 9.21. The molecule has 0 radical (unpaired) electrons. The Labute approximate surface area is 136 Å². The molecule has 0 bridgehead atoms. The number of hydrogen-bond acceptors (Lipinski definition) is 3. The van der Waals surface area contributed by atoms with Gasteiger partial charge in [0, 0.05) is 17.0 Å². The van der Waals surface area contributed by atoms with Crippen molar-refractivity contribution in [1.82, 2.24) is 0 Å². The molecular weight excluding hydrogens is 318 g/mol. The molecule has 1 fully saturated rings. The monoisotopic (exact) mass is 335 g/mol. The average Bonchev–Trinajstić information content (AvgIpc) is 3.20. The van der Waals surface area contributed by atoms with Crippen LogP contribution in [0.1, 0.15) is 24.0 Å². The number of nitrogens with two attached hydrogens (primary N) is 1. The molecule has 3 atom stereocenters. The minimum absolute atomic E-state index is 0.133. The van der Waals surface area contributed by atoms with E-state index in [0.717, 1.165) is 12.0 Å². The van der Waals surface area contributed by atoms with Gasteiger partial charge in [-0.25, -0.2) is 8.42 Å². The molecule has 0 aromatic heterocycles. The Morgan fingerprint density at radius 1 is 1.05 bits per heavy atom. The van der Waals surface area contributed by atoms with Crippen LogP contribution in [0.5, 0.6) is 0 Å². The second-order valence-corrected chi connectivity index (χ2v) is 8.20. The number of aryl methyl sites for hydroxylation is 1. The fraction of sp³-hybridized carbons (Fsp3) is 0.294. The molecule has 0 amide bonds. The fourth-order valence-corrected chi connectivity index (χ4v) is 5.05. The van der Waals surface area contributed by atoms with Gasteiger partial charge in [0.15, 0.2) is 9.84 Å². The Balaban J connectivity index is 1.87. The lowest BCUT2D eigenvalue weighted by Gasteiger charge is -2.05. The van der Waals surface area contributed by atoms with E-state index in [2.05, 4.69) is 6.92 Å². The number of benzene rings is 2. The van der Waals surface area contributed by atoms with Crippen molar-refractivity contribution >= 4 is 21.4 Å². The second kappa shape index (κ2) is 5.69. The SMILES string of the molecule is CCc1ccc([C@@H]2[C@H](N)[C@H]2S(=O)(=O)c2ccc(Cl)cc2)cc1. The summed E-state index contributed by atoms with van der Waals surface area (Å²) in [6, 6.07) is 14.0. The van der Waals surface area contributed by atoms with Crippen molar-refractivity contribution in [2.24, 2.45) is 5.73 Å². The normalized spacial score (nSPS) is 24.2. The van der Waals surface area contributed by atoms with Gasteiger partial charge in [0.25, 0.3) is 0 Å². The third kappa shape index (κ3) is 2.67. The largest absolute Gasteiger partial charge is 0.326 e. The van der Waals surface area contributed by atoms with Crippen molar-refractivity contribution in [1.29, 1.82) is 0 Å². The molecular formula is C17H18ClNO2S. The van der Waals surface area contributed by atoms with Crippen LogP contribution in [0.3, 0.4) is 0 Å². The molecule has 116 valence electrons. The summed E-state index contributed by atoms with van der Waals surface area (Å²) in [4.78, 5) is 0.282. The van der Waals surface area contributed by atoms with E-state index < -0.39 is 15.1 Å². The van der Waals surface area contributed by atoms with Gasteiger partial charge >= 0.3 is 0 Å². The standard InChI is InChI=1S/C17H18ClNO2S/c1-2-11-3-5-12(6-4-11)15-16(19)17(15)22(20,21)14-9-7-13(18)8-10-14/h3-10,15-17H,2,19H2,1H3/t15-,16+,17+/m1/s1. The smallest absolute Gasteiger partial charge is 0.183 e. The first-order chi connectivity index (χ1) is 10.4. The molecule has 1 aliphatic carbocycles. The molecule has 1 aliphatic rings. The van der Waals surface area contributed by atoms with Crippen molar-refractivity contribution in [3.63, 3.8) is 0 Å². The third-order valence-corrected chi connectivity index (χ3v) is 6.79.